The molecule has 0 bridgehead atoms. The lowest BCUT2D eigenvalue weighted by Crippen LogP contribution is -2.43. The van der Waals surface area contributed by atoms with Gasteiger partial charge in [-0.3, -0.25) is 4.79 Å². The van der Waals surface area contributed by atoms with Crippen molar-refractivity contribution in [3.63, 3.8) is 0 Å². The van der Waals surface area contributed by atoms with Crippen molar-refractivity contribution in [1.29, 1.82) is 0 Å². The number of rotatable bonds is 3. The zero-order valence-corrected chi connectivity index (χ0v) is 13.4. The predicted molar refractivity (Wildman–Crippen MR) is 81.1 cm³/mol. The Bertz CT molecular complexity index is 422. The molecule has 2 unspecified atom stereocenters. The van der Waals surface area contributed by atoms with Gasteiger partial charge in [0.05, 0.1) is 5.41 Å². The Hall–Kier alpha value is -1.26. The highest BCUT2D eigenvalue weighted by atomic mass is 16.4. The molecular formula is C16H28N2O3. The van der Waals surface area contributed by atoms with E-state index in [1.165, 1.54) is 19.3 Å². The van der Waals surface area contributed by atoms with E-state index in [-0.39, 0.29) is 6.03 Å². The highest BCUT2D eigenvalue weighted by molar-refractivity contribution is 5.79. The molecule has 1 heterocycles. The number of carbonyl (C=O) groups excluding carboxylic acids is 1. The number of nitrogens with zero attached hydrogens (tertiary/aromatic N) is 1. The van der Waals surface area contributed by atoms with E-state index < -0.39 is 11.4 Å². The summed E-state index contributed by atoms with van der Waals surface area (Å²) < 4.78 is 0. The highest BCUT2D eigenvalue weighted by Gasteiger charge is 2.42. The molecule has 1 saturated heterocycles. The van der Waals surface area contributed by atoms with E-state index in [0.29, 0.717) is 37.4 Å². The van der Waals surface area contributed by atoms with Crippen molar-refractivity contribution in [2.24, 2.45) is 16.7 Å². The summed E-state index contributed by atoms with van der Waals surface area (Å²) >= 11 is 0. The van der Waals surface area contributed by atoms with Gasteiger partial charge in [-0.1, -0.05) is 20.3 Å². The Kier molecular flexibility index (Phi) is 4.49. The lowest BCUT2D eigenvalue weighted by molar-refractivity contribution is -0.147. The second kappa shape index (κ2) is 5.85. The standard InChI is InChI=1S/C16H28N2O3/c1-15(2)6-4-5-12(9-15)10-17-14(21)18-8-7-16(3,11-18)13(19)20/h12H,4-11H2,1-3H3,(H,17,21)(H,19,20). The summed E-state index contributed by atoms with van der Waals surface area (Å²) in [5.41, 5.74) is -0.409. The summed E-state index contributed by atoms with van der Waals surface area (Å²) in [6, 6.07) is -0.108. The van der Waals surface area contributed by atoms with Crippen LogP contribution in [0.3, 0.4) is 0 Å². The van der Waals surface area contributed by atoms with Crippen LogP contribution in [0.4, 0.5) is 4.79 Å². The summed E-state index contributed by atoms with van der Waals surface area (Å²) in [5.74, 6) is -0.266. The van der Waals surface area contributed by atoms with Gasteiger partial charge in [-0.25, -0.2) is 4.79 Å². The molecule has 0 spiro atoms. The SMILES string of the molecule is CC1(C)CCCC(CNC(=O)N2CCC(C)(C(=O)O)C2)C1. The van der Waals surface area contributed by atoms with Crippen molar-refractivity contribution >= 4 is 12.0 Å². The summed E-state index contributed by atoms with van der Waals surface area (Å²) in [5, 5.41) is 12.2. The maximum Gasteiger partial charge on any atom is 0.317 e. The molecule has 2 fully saturated rings. The van der Waals surface area contributed by atoms with Crippen molar-refractivity contribution in [2.75, 3.05) is 19.6 Å². The van der Waals surface area contributed by atoms with Gasteiger partial charge in [-0.15, -0.1) is 0 Å². The molecule has 0 aromatic rings. The third-order valence-electron chi connectivity index (χ3n) is 5.13. The monoisotopic (exact) mass is 296 g/mol. The van der Waals surface area contributed by atoms with Gasteiger partial charge in [0.15, 0.2) is 0 Å². The summed E-state index contributed by atoms with van der Waals surface area (Å²) in [6.07, 6.45) is 5.36. The van der Waals surface area contributed by atoms with Crippen LogP contribution in [0.25, 0.3) is 0 Å². The largest absolute Gasteiger partial charge is 0.481 e. The summed E-state index contributed by atoms with van der Waals surface area (Å²) in [6.45, 7) is 7.85. The number of carboxylic acid groups (broad SMARTS) is 1. The third-order valence-corrected chi connectivity index (χ3v) is 5.13. The highest BCUT2D eigenvalue weighted by Crippen LogP contribution is 2.38. The fraction of sp³-hybridized carbons (Fsp3) is 0.875. The smallest absolute Gasteiger partial charge is 0.317 e. The quantitative estimate of drug-likeness (QED) is 0.841. The van der Waals surface area contributed by atoms with E-state index in [2.05, 4.69) is 19.2 Å². The molecular weight excluding hydrogens is 268 g/mol. The molecule has 0 radical (unpaired) electrons. The van der Waals surface area contributed by atoms with Crippen LogP contribution in [0.5, 0.6) is 0 Å². The second-order valence-electron chi connectivity index (χ2n) is 7.85. The molecule has 5 heteroatoms. The first-order chi connectivity index (χ1) is 9.72. The van der Waals surface area contributed by atoms with Crippen LogP contribution >= 0.6 is 0 Å². The van der Waals surface area contributed by atoms with Gasteiger partial charge in [0.2, 0.25) is 0 Å². The Morgan fingerprint density at radius 3 is 2.57 bits per heavy atom. The predicted octanol–water partition coefficient (Wildman–Crippen LogP) is 2.71. The maximum absolute atomic E-state index is 12.2. The normalized spacial score (nSPS) is 32.0. The van der Waals surface area contributed by atoms with Gasteiger partial charge in [0.1, 0.15) is 0 Å². The van der Waals surface area contributed by atoms with E-state index in [4.69, 9.17) is 0 Å². The molecule has 1 saturated carbocycles. The molecule has 2 rings (SSSR count). The molecule has 120 valence electrons. The van der Waals surface area contributed by atoms with Gasteiger partial charge in [0.25, 0.3) is 0 Å². The average Bonchev–Trinajstić information content (AvgIpc) is 2.79. The number of urea groups is 1. The number of hydrogen-bond acceptors (Lipinski definition) is 2. The number of carbonyl (C=O) groups is 2. The van der Waals surface area contributed by atoms with Crippen LogP contribution in [0.2, 0.25) is 0 Å². The zero-order chi connectivity index (χ0) is 15.7. The van der Waals surface area contributed by atoms with Crippen LogP contribution in [-0.2, 0) is 4.79 Å². The average molecular weight is 296 g/mol. The number of likely N-dealkylation sites (tertiary alicyclic amines) is 1. The lowest BCUT2D eigenvalue weighted by atomic mass is 9.72. The number of amides is 2. The van der Waals surface area contributed by atoms with Gasteiger partial charge < -0.3 is 15.3 Å². The van der Waals surface area contributed by atoms with E-state index in [0.717, 1.165) is 6.42 Å². The molecule has 0 aromatic heterocycles. The molecule has 2 N–H and O–H groups in total. The van der Waals surface area contributed by atoms with Gasteiger partial charge >= 0.3 is 12.0 Å². The molecule has 21 heavy (non-hydrogen) atoms. The molecule has 2 atom stereocenters. The first-order valence-electron chi connectivity index (χ1n) is 7.98. The topological polar surface area (TPSA) is 69.6 Å². The first kappa shape index (κ1) is 16.1. The number of aliphatic carboxylic acids is 1. The Morgan fingerprint density at radius 2 is 2.00 bits per heavy atom. The number of nitrogens with one attached hydrogen (secondary N) is 1. The van der Waals surface area contributed by atoms with Crippen LogP contribution in [0, 0.1) is 16.7 Å². The molecule has 0 aromatic carbocycles. The van der Waals surface area contributed by atoms with E-state index in [1.54, 1.807) is 11.8 Å². The van der Waals surface area contributed by atoms with Gasteiger partial charge in [-0.2, -0.15) is 0 Å². The minimum atomic E-state index is -0.813. The minimum absolute atomic E-state index is 0.108. The molecule has 2 aliphatic rings. The first-order valence-corrected chi connectivity index (χ1v) is 7.98. The molecule has 5 nitrogen and oxygen atoms in total. The fourth-order valence-electron chi connectivity index (χ4n) is 3.68. The van der Waals surface area contributed by atoms with E-state index in [9.17, 15) is 14.7 Å². The van der Waals surface area contributed by atoms with Gasteiger partial charge in [0, 0.05) is 19.6 Å². The Morgan fingerprint density at radius 1 is 1.29 bits per heavy atom. The summed E-state index contributed by atoms with van der Waals surface area (Å²) in [7, 11) is 0. The second-order valence-corrected chi connectivity index (χ2v) is 7.85. The van der Waals surface area contributed by atoms with E-state index in [1.807, 2.05) is 0 Å². The molecule has 1 aliphatic carbocycles. The van der Waals surface area contributed by atoms with Crippen molar-refractivity contribution < 1.29 is 14.7 Å². The minimum Gasteiger partial charge on any atom is -0.481 e. The van der Waals surface area contributed by atoms with Crippen LogP contribution in [0.1, 0.15) is 52.9 Å². The van der Waals surface area contributed by atoms with E-state index >= 15 is 0 Å². The van der Waals surface area contributed by atoms with Crippen molar-refractivity contribution in [2.45, 2.75) is 52.9 Å². The van der Waals surface area contributed by atoms with Gasteiger partial charge in [-0.05, 0) is 43.9 Å². The van der Waals surface area contributed by atoms with Crippen molar-refractivity contribution in [3.8, 4) is 0 Å². The fourth-order valence-corrected chi connectivity index (χ4v) is 3.68. The van der Waals surface area contributed by atoms with Crippen LogP contribution < -0.4 is 5.32 Å². The number of hydrogen-bond donors (Lipinski definition) is 2. The maximum atomic E-state index is 12.2. The van der Waals surface area contributed by atoms with Crippen molar-refractivity contribution in [1.82, 2.24) is 10.2 Å². The Balaban J connectivity index is 1.79. The van der Waals surface area contributed by atoms with Crippen LogP contribution in [0.15, 0.2) is 0 Å². The lowest BCUT2D eigenvalue weighted by Gasteiger charge is -2.35. The molecule has 2 amide bonds. The van der Waals surface area contributed by atoms with Crippen LogP contribution in [-0.4, -0.2) is 41.6 Å². The number of carboxylic acids is 1. The Labute approximate surface area is 127 Å². The summed E-state index contributed by atoms with van der Waals surface area (Å²) in [4.78, 5) is 25.0. The zero-order valence-electron chi connectivity index (χ0n) is 13.4. The molecule has 1 aliphatic heterocycles. The van der Waals surface area contributed by atoms with Crippen molar-refractivity contribution in [3.05, 3.63) is 0 Å². The third kappa shape index (κ3) is 3.89.